The number of rotatable bonds is 5. The fourth-order valence-corrected chi connectivity index (χ4v) is 18.9. The van der Waals surface area contributed by atoms with Crippen LogP contribution in [0.5, 0.6) is 0 Å². The van der Waals surface area contributed by atoms with Crippen molar-refractivity contribution in [1.82, 2.24) is 10.2 Å². The van der Waals surface area contributed by atoms with E-state index in [2.05, 4.69) is 24.1 Å². The first-order valence-electron chi connectivity index (χ1n) is 24.1. The van der Waals surface area contributed by atoms with Crippen molar-refractivity contribution in [1.29, 1.82) is 0 Å². The third kappa shape index (κ3) is 5.55. The topological polar surface area (TPSA) is 15.3 Å². The molecule has 9 saturated carbocycles. The molecule has 0 aromatic heterocycles. The number of fused-ring (bicyclic) bond motifs is 10. The first-order valence-corrected chi connectivity index (χ1v) is 24.1. The van der Waals surface area contributed by atoms with Crippen molar-refractivity contribution in [3.63, 3.8) is 0 Å². The molecule has 1 saturated heterocycles. The van der Waals surface area contributed by atoms with Crippen LogP contribution in [0.2, 0.25) is 0 Å². The molecular formula is C48H80N2. The Balaban J connectivity index is 0.971. The van der Waals surface area contributed by atoms with Gasteiger partial charge < -0.3 is 5.32 Å². The van der Waals surface area contributed by atoms with E-state index in [1.165, 1.54) is 64.5 Å². The summed E-state index contributed by atoms with van der Waals surface area (Å²) < 4.78 is 0. The minimum atomic E-state index is 0.759. The lowest BCUT2D eigenvalue weighted by molar-refractivity contribution is -0.0776. The molecule has 0 aromatic rings. The number of hydrogen-bond acceptors (Lipinski definition) is 2. The van der Waals surface area contributed by atoms with Gasteiger partial charge in [-0.15, -0.1) is 0 Å². The van der Waals surface area contributed by atoms with E-state index in [0.717, 1.165) is 106 Å². The average Bonchev–Trinajstić information content (AvgIpc) is 3.96. The van der Waals surface area contributed by atoms with Crippen LogP contribution in [0.15, 0.2) is 0 Å². The molecule has 2 heteroatoms. The highest BCUT2D eigenvalue weighted by Crippen LogP contribution is 2.78. The quantitative estimate of drug-likeness (QED) is 0.310. The zero-order valence-corrected chi connectivity index (χ0v) is 33.1. The average molecular weight is 685 g/mol. The van der Waals surface area contributed by atoms with Gasteiger partial charge in [0.1, 0.15) is 0 Å². The van der Waals surface area contributed by atoms with Crippen LogP contribution < -0.4 is 5.32 Å². The van der Waals surface area contributed by atoms with Gasteiger partial charge >= 0.3 is 0 Å². The van der Waals surface area contributed by atoms with E-state index in [1.54, 1.807) is 116 Å². The predicted octanol–water partition coefficient (Wildman–Crippen LogP) is 11.9. The Morgan fingerprint density at radius 3 is 1.56 bits per heavy atom. The third-order valence-corrected chi connectivity index (χ3v) is 20.4. The summed E-state index contributed by atoms with van der Waals surface area (Å²) in [5.74, 6) is 14.8. The van der Waals surface area contributed by atoms with Gasteiger partial charge in [0, 0.05) is 18.1 Å². The van der Waals surface area contributed by atoms with Gasteiger partial charge in [-0.1, -0.05) is 78.1 Å². The fraction of sp³-hybridized carbons (Fsp3) is 1.00. The summed E-state index contributed by atoms with van der Waals surface area (Å²) in [5, 5.41) is 3.75. The Bertz CT molecular complexity index is 1150. The molecule has 0 amide bonds. The highest BCUT2D eigenvalue weighted by atomic mass is 15.2. The molecule has 10 rings (SSSR count). The molecule has 1 aliphatic heterocycles. The van der Waals surface area contributed by atoms with Crippen molar-refractivity contribution in [2.75, 3.05) is 13.1 Å². The standard InChI is InChI=1S/C48H80N2/c1-31-27-34(33-11-4-3-5-12-33)19-23-46(31)50(47-24-20-35(28-32(47)2)36-25-26-49-30-36)37-21-22-41-39-14-7-9-17-43(39)48(45(41)29-37)42-16-8-6-13-38(42)40-15-10-18-44(40)48/h31-47,49H,3-30H2,1-2H3/t31?,32?,34-,35?,36?,37?,38?,39?,40?,41+,42?,43?,44?,45?,46?,47?,48?/m1/s1. The molecule has 1 spiro atoms. The lowest BCUT2D eigenvalue weighted by atomic mass is 9.53. The Kier molecular flexibility index (Phi) is 9.78. The number of hydrogen-bond donors (Lipinski definition) is 1. The first kappa shape index (κ1) is 34.4. The van der Waals surface area contributed by atoms with Gasteiger partial charge in [0.15, 0.2) is 0 Å². The highest BCUT2D eigenvalue weighted by Gasteiger charge is 2.72. The molecule has 1 heterocycles. The summed E-state index contributed by atoms with van der Waals surface area (Å²) in [6, 6.07) is 2.63. The number of nitrogens with zero attached hydrogens (tertiary/aromatic N) is 1. The van der Waals surface area contributed by atoms with Crippen LogP contribution in [0, 0.1) is 88.3 Å². The van der Waals surface area contributed by atoms with Gasteiger partial charge in [0.25, 0.3) is 0 Å². The fourth-order valence-electron chi connectivity index (χ4n) is 18.9. The summed E-state index contributed by atoms with van der Waals surface area (Å²) in [4.78, 5) is 3.47. The van der Waals surface area contributed by atoms with Gasteiger partial charge in [0.2, 0.25) is 0 Å². The summed E-state index contributed by atoms with van der Waals surface area (Å²) in [6.45, 7) is 8.13. The van der Waals surface area contributed by atoms with E-state index in [9.17, 15) is 0 Å². The summed E-state index contributed by atoms with van der Waals surface area (Å²) in [5.41, 5.74) is 0.759. The Labute approximate surface area is 309 Å². The second kappa shape index (κ2) is 14.2. The second-order valence-corrected chi connectivity index (χ2v) is 21.9. The van der Waals surface area contributed by atoms with Crippen LogP contribution in [-0.4, -0.2) is 36.1 Å². The van der Waals surface area contributed by atoms with E-state index in [0.29, 0.717) is 0 Å². The van der Waals surface area contributed by atoms with E-state index in [4.69, 9.17) is 0 Å². The van der Waals surface area contributed by atoms with Gasteiger partial charge in [-0.3, -0.25) is 4.90 Å². The van der Waals surface area contributed by atoms with Crippen molar-refractivity contribution in [2.24, 2.45) is 88.3 Å². The molecule has 50 heavy (non-hydrogen) atoms. The van der Waals surface area contributed by atoms with Gasteiger partial charge in [-0.25, -0.2) is 0 Å². The molecular weight excluding hydrogens is 605 g/mol. The van der Waals surface area contributed by atoms with E-state index in [1.807, 2.05) is 0 Å². The Hall–Kier alpha value is -0.0800. The lowest BCUT2D eigenvalue weighted by Crippen LogP contribution is -2.59. The van der Waals surface area contributed by atoms with Crippen LogP contribution >= 0.6 is 0 Å². The molecule has 0 radical (unpaired) electrons. The van der Waals surface area contributed by atoms with Gasteiger partial charge in [-0.2, -0.15) is 0 Å². The van der Waals surface area contributed by atoms with E-state index < -0.39 is 0 Å². The molecule has 10 aliphatic rings. The van der Waals surface area contributed by atoms with Crippen molar-refractivity contribution in [3.05, 3.63) is 0 Å². The van der Waals surface area contributed by atoms with Crippen LogP contribution in [0.3, 0.4) is 0 Å². The van der Waals surface area contributed by atoms with Gasteiger partial charge in [-0.05, 0) is 204 Å². The van der Waals surface area contributed by atoms with Crippen molar-refractivity contribution < 1.29 is 0 Å². The summed E-state index contributed by atoms with van der Waals surface area (Å²) in [7, 11) is 0. The molecule has 17 atom stereocenters. The maximum atomic E-state index is 3.75. The van der Waals surface area contributed by atoms with Crippen LogP contribution in [0.25, 0.3) is 0 Å². The Morgan fingerprint density at radius 2 is 0.960 bits per heavy atom. The molecule has 1 N–H and O–H groups in total. The second-order valence-electron chi connectivity index (χ2n) is 21.9. The molecule has 2 nitrogen and oxygen atoms in total. The lowest BCUT2D eigenvalue weighted by Gasteiger charge is -2.57. The first-order chi connectivity index (χ1) is 24.6. The van der Waals surface area contributed by atoms with Crippen LogP contribution in [0.1, 0.15) is 181 Å². The minimum absolute atomic E-state index is 0.759. The Morgan fingerprint density at radius 1 is 0.420 bits per heavy atom. The highest BCUT2D eigenvalue weighted by molar-refractivity contribution is 5.21. The number of nitrogens with one attached hydrogen (secondary N) is 1. The predicted molar refractivity (Wildman–Crippen MR) is 209 cm³/mol. The smallest absolute Gasteiger partial charge is 0.0127 e. The van der Waals surface area contributed by atoms with Crippen molar-refractivity contribution in [3.8, 4) is 0 Å². The largest absolute Gasteiger partial charge is 0.316 e. The molecule has 0 aromatic carbocycles. The molecule has 15 unspecified atom stereocenters. The summed E-state index contributed by atoms with van der Waals surface area (Å²) >= 11 is 0. The minimum Gasteiger partial charge on any atom is -0.316 e. The molecule has 282 valence electrons. The molecule has 0 bridgehead atoms. The normalized spacial score (nSPS) is 54.1. The maximum Gasteiger partial charge on any atom is 0.0127 e. The molecule has 9 aliphatic carbocycles. The third-order valence-electron chi connectivity index (χ3n) is 20.4. The van der Waals surface area contributed by atoms with Crippen molar-refractivity contribution in [2.45, 2.75) is 199 Å². The monoisotopic (exact) mass is 685 g/mol. The SMILES string of the molecule is CC1CC(C2CCNC2)CCC1N(C1CC[C@H]2C3CCCCC3C3(C4CCCCC4C4CCCC43)C2C1)C1CC[C@@H](C2CCCCC2)CC1C. The van der Waals surface area contributed by atoms with E-state index >= 15 is 0 Å². The van der Waals surface area contributed by atoms with Crippen LogP contribution in [-0.2, 0) is 0 Å². The van der Waals surface area contributed by atoms with E-state index in [-0.39, 0.29) is 0 Å². The van der Waals surface area contributed by atoms with Crippen molar-refractivity contribution >= 4 is 0 Å². The van der Waals surface area contributed by atoms with Crippen LogP contribution in [0.4, 0.5) is 0 Å². The van der Waals surface area contributed by atoms with Gasteiger partial charge in [0.05, 0.1) is 0 Å². The zero-order valence-electron chi connectivity index (χ0n) is 33.1. The molecule has 10 fully saturated rings. The summed E-state index contributed by atoms with van der Waals surface area (Å²) in [6.07, 6.45) is 40.9. The zero-order chi connectivity index (χ0) is 33.4. The maximum absolute atomic E-state index is 3.75.